The zero-order chi connectivity index (χ0) is 19.8. The fraction of sp³-hybridized carbons (Fsp3) is 0.500. The molecule has 0 aliphatic heterocycles. The molecule has 9 nitrogen and oxygen atoms in total. The summed E-state index contributed by atoms with van der Waals surface area (Å²) in [6.07, 6.45) is -0.971. The molecule has 0 bridgehead atoms. The van der Waals surface area contributed by atoms with Crippen LogP contribution in [0.5, 0.6) is 0 Å². The van der Waals surface area contributed by atoms with Crippen molar-refractivity contribution in [3.8, 4) is 0 Å². The summed E-state index contributed by atoms with van der Waals surface area (Å²) in [5.41, 5.74) is 2.16. The SMILES string of the molecule is CC.CC.CC(COC(=O)NOCC(=O)O)c1ccccc1[N+](=O)[O-]. The van der Waals surface area contributed by atoms with Crippen molar-refractivity contribution in [2.75, 3.05) is 13.2 Å². The minimum Gasteiger partial charge on any atom is -0.479 e. The Morgan fingerprint density at radius 1 is 1.24 bits per heavy atom. The minimum atomic E-state index is -1.25. The van der Waals surface area contributed by atoms with Crippen LogP contribution < -0.4 is 5.48 Å². The molecule has 1 aromatic rings. The van der Waals surface area contributed by atoms with E-state index in [9.17, 15) is 19.7 Å². The molecule has 1 amide bonds. The van der Waals surface area contributed by atoms with E-state index in [0.717, 1.165) is 0 Å². The Kier molecular flexibility index (Phi) is 14.6. The number of para-hydroxylation sites is 1. The maximum Gasteiger partial charge on any atom is 0.431 e. The maximum absolute atomic E-state index is 11.2. The number of carbonyl (C=O) groups excluding carboxylic acids is 1. The van der Waals surface area contributed by atoms with E-state index in [1.807, 2.05) is 27.7 Å². The van der Waals surface area contributed by atoms with Crippen molar-refractivity contribution in [2.45, 2.75) is 40.5 Å². The summed E-state index contributed by atoms with van der Waals surface area (Å²) in [5.74, 6) is -1.65. The molecule has 1 unspecified atom stereocenters. The highest BCUT2D eigenvalue weighted by Crippen LogP contribution is 2.26. The third kappa shape index (κ3) is 10.7. The number of rotatable bonds is 7. The number of nitro groups is 1. The van der Waals surface area contributed by atoms with Gasteiger partial charge in [-0.05, 0) is 0 Å². The third-order valence-electron chi connectivity index (χ3n) is 2.48. The van der Waals surface area contributed by atoms with Crippen molar-refractivity contribution >= 4 is 17.7 Å². The van der Waals surface area contributed by atoms with Gasteiger partial charge in [0, 0.05) is 17.5 Å². The second-order valence-corrected chi connectivity index (χ2v) is 4.10. The number of ether oxygens (including phenoxy) is 1. The highest BCUT2D eigenvalue weighted by molar-refractivity contribution is 5.69. The molecular weight excluding hydrogens is 332 g/mol. The first kappa shape index (κ1) is 24.6. The molecule has 0 saturated carbocycles. The first-order valence-corrected chi connectivity index (χ1v) is 7.91. The highest BCUT2D eigenvalue weighted by Gasteiger charge is 2.19. The van der Waals surface area contributed by atoms with Crippen LogP contribution in [0.1, 0.15) is 46.1 Å². The molecule has 1 rings (SSSR count). The number of carboxylic acids is 1. The average Bonchev–Trinajstić information content (AvgIpc) is 2.62. The zero-order valence-electron chi connectivity index (χ0n) is 15.1. The largest absolute Gasteiger partial charge is 0.479 e. The van der Waals surface area contributed by atoms with Crippen LogP contribution in [0, 0.1) is 10.1 Å². The number of hydrogen-bond donors (Lipinski definition) is 2. The topological polar surface area (TPSA) is 128 Å². The Balaban J connectivity index is 0. The molecule has 0 heterocycles. The number of nitro benzene ring substituents is 1. The summed E-state index contributed by atoms with van der Waals surface area (Å²) in [6, 6.07) is 6.13. The van der Waals surface area contributed by atoms with Crippen LogP contribution in [0.15, 0.2) is 24.3 Å². The Morgan fingerprint density at radius 3 is 2.32 bits per heavy atom. The van der Waals surface area contributed by atoms with Crippen LogP contribution in [-0.2, 0) is 14.4 Å². The zero-order valence-corrected chi connectivity index (χ0v) is 15.1. The Hall–Kier alpha value is -2.68. The van der Waals surface area contributed by atoms with Gasteiger partial charge in [0.25, 0.3) is 5.69 Å². The van der Waals surface area contributed by atoms with Gasteiger partial charge in [0.05, 0.1) is 4.92 Å². The first-order chi connectivity index (χ1) is 11.9. The molecule has 0 saturated heterocycles. The average molecular weight is 358 g/mol. The lowest BCUT2D eigenvalue weighted by molar-refractivity contribution is -0.385. The van der Waals surface area contributed by atoms with Gasteiger partial charge in [-0.3, -0.25) is 15.0 Å². The number of hydrogen-bond acceptors (Lipinski definition) is 6. The number of carbonyl (C=O) groups is 2. The molecule has 0 radical (unpaired) electrons. The molecule has 25 heavy (non-hydrogen) atoms. The number of nitrogens with zero attached hydrogens (tertiary/aromatic N) is 1. The molecule has 0 spiro atoms. The monoisotopic (exact) mass is 358 g/mol. The summed E-state index contributed by atoms with van der Waals surface area (Å²) in [5, 5.41) is 19.2. The molecule has 0 aromatic heterocycles. The predicted molar refractivity (Wildman–Crippen MR) is 92.3 cm³/mol. The molecular formula is C16H26N2O7. The van der Waals surface area contributed by atoms with Gasteiger partial charge in [-0.25, -0.2) is 9.59 Å². The van der Waals surface area contributed by atoms with Crippen molar-refractivity contribution in [1.29, 1.82) is 0 Å². The lowest BCUT2D eigenvalue weighted by Gasteiger charge is -2.12. The summed E-state index contributed by atoms with van der Waals surface area (Å²) in [7, 11) is 0. The van der Waals surface area contributed by atoms with Gasteiger partial charge < -0.3 is 9.84 Å². The molecule has 0 fully saturated rings. The van der Waals surface area contributed by atoms with Gasteiger partial charge in [0.15, 0.2) is 6.61 Å². The van der Waals surface area contributed by atoms with E-state index in [-0.39, 0.29) is 12.3 Å². The smallest absolute Gasteiger partial charge is 0.431 e. The maximum atomic E-state index is 11.2. The number of aliphatic carboxylic acids is 1. The van der Waals surface area contributed by atoms with Gasteiger partial charge in [-0.1, -0.05) is 52.8 Å². The quantitative estimate of drug-likeness (QED) is 0.564. The Morgan fingerprint density at radius 2 is 1.80 bits per heavy atom. The molecule has 2 N–H and O–H groups in total. The fourth-order valence-corrected chi connectivity index (χ4v) is 1.55. The second-order valence-electron chi connectivity index (χ2n) is 4.10. The van der Waals surface area contributed by atoms with E-state index in [1.165, 1.54) is 6.07 Å². The number of hydroxylamine groups is 1. The molecule has 9 heteroatoms. The van der Waals surface area contributed by atoms with Crippen LogP contribution in [-0.4, -0.2) is 35.3 Å². The van der Waals surface area contributed by atoms with Crippen LogP contribution >= 0.6 is 0 Å². The summed E-state index contributed by atoms with van der Waals surface area (Å²) in [4.78, 5) is 36.0. The van der Waals surface area contributed by atoms with E-state index in [0.29, 0.717) is 5.56 Å². The second kappa shape index (κ2) is 14.9. The lowest BCUT2D eigenvalue weighted by Crippen LogP contribution is -2.28. The number of nitrogens with one attached hydrogen (secondary N) is 1. The molecule has 142 valence electrons. The highest BCUT2D eigenvalue weighted by atomic mass is 16.7. The molecule has 1 atom stereocenters. The number of carboxylic acid groups (broad SMARTS) is 1. The van der Waals surface area contributed by atoms with Crippen LogP contribution in [0.25, 0.3) is 0 Å². The van der Waals surface area contributed by atoms with Crippen molar-refractivity contribution < 1.29 is 29.2 Å². The van der Waals surface area contributed by atoms with Crippen LogP contribution in [0.4, 0.5) is 10.5 Å². The van der Waals surface area contributed by atoms with E-state index in [2.05, 4.69) is 4.84 Å². The van der Waals surface area contributed by atoms with E-state index in [4.69, 9.17) is 9.84 Å². The predicted octanol–water partition coefficient (Wildman–Crippen LogP) is 3.49. The van der Waals surface area contributed by atoms with Gasteiger partial charge in [0.1, 0.15) is 6.61 Å². The van der Waals surface area contributed by atoms with Crippen LogP contribution in [0.2, 0.25) is 0 Å². The Bertz CT molecular complexity index is 535. The van der Waals surface area contributed by atoms with Gasteiger partial charge in [-0.2, -0.15) is 5.48 Å². The summed E-state index contributed by atoms with van der Waals surface area (Å²) >= 11 is 0. The summed E-state index contributed by atoms with van der Waals surface area (Å²) < 4.78 is 4.78. The number of benzene rings is 1. The third-order valence-corrected chi connectivity index (χ3v) is 2.48. The Labute approximate surface area is 147 Å². The normalized spacial score (nSPS) is 10.1. The molecule has 0 aliphatic carbocycles. The summed E-state index contributed by atoms with van der Waals surface area (Å²) in [6.45, 7) is 8.84. The van der Waals surface area contributed by atoms with Gasteiger partial charge >= 0.3 is 12.1 Å². The van der Waals surface area contributed by atoms with Gasteiger partial charge in [-0.15, -0.1) is 0 Å². The van der Waals surface area contributed by atoms with E-state index >= 15 is 0 Å². The molecule has 1 aromatic carbocycles. The van der Waals surface area contributed by atoms with Crippen molar-refractivity contribution in [2.24, 2.45) is 0 Å². The van der Waals surface area contributed by atoms with Crippen LogP contribution in [0.3, 0.4) is 0 Å². The van der Waals surface area contributed by atoms with Crippen molar-refractivity contribution in [3.05, 3.63) is 39.9 Å². The first-order valence-electron chi connectivity index (χ1n) is 7.91. The van der Waals surface area contributed by atoms with E-state index in [1.54, 1.807) is 30.6 Å². The van der Waals surface area contributed by atoms with Gasteiger partial charge in [0.2, 0.25) is 0 Å². The molecule has 0 aliphatic rings. The number of amides is 1. The van der Waals surface area contributed by atoms with Crippen molar-refractivity contribution in [1.82, 2.24) is 5.48 Å². The standard InChI is InChI=1S/C12H14N2O7.2C2H6/c1-8(6-20-12(17)13-21-7-11(15)16)9-4-2-3-5-10(9)14(18)19;2*1-2/h2-5,8H,6-7H2,1H3,(H,13,17)(H,15,16);2*1-2H3. The minimum absolute atomic E-state index is 0.0591. The lowest BCUT2D eigenvalue weighted by atomic mass is 10.0. The van der Waals surface area contributed by atoms with E-state index < -0.39 is 29.5 Å². The van der Waals surface area contributed by atoms with Crippen molar-refractivity contribution in [3.63, 3.8) is 0 Å². The fourth-order valence-electron chi connectivity index (χ4n) is 1.55.